The molecule has 1 unspecified atom stereocenters. The average Bonchev–Trinajstić information content (AvgIpc) is 3.15. The lowest BCUT2D eigenvalue weighted by molar-refractivity contribution is -0.149. The summed E-state index contributed by atoms with van der Waals surface area (Å²) in [4.78, 5) is 11.6. The smallest absolute Gasteiger partial charge is 0.326 e. The fraction of sp³-hybridized carbons (Fsp3) is 0.929. The first-order valence-corrected chi connectivity index (χ1v) is 7.13. The van der Waals surface area contributed by atoms with E-state index in [0.717, 1.165) is 25.2 Å². The Bertz CT molecular complexity index is 297. The Morgan fingerprint density at radius 1 is 1.39 bits per heavy atom. The summed E-state index contributed by atoms with van der Waals surface area (Å²) in [6.45, 7) is 4.98. The highest BCUT2D eigenvalue weighted by Crippen LogP contribution is 2.40. The van der Waals surface area contributed by atoms with Gasteiger partial charge in [-0.25, -0.2) is 0 Å². The third-order valence-electron chi connectivity index (χ3n) is 3.90. The fourth-order valence-corrected chi connectivity index (χ4v) is 2.56. The fourth-order valence-electron chi connectivity index (χ4n) is 2.56. The van der Waals surface area contributed by atoms with Crippen LogP contribution in [0.15, 0.2) is 0 Å². The topological polar surface area (TPSA) is 58.6 Å². The number of hydrogen-bond donors (Lipinski definition) is 2. The maximum atomic E-state index is 11.6. The molecule has 2 fully saturated rings. The van der Waals surface area contributed by atoms with E-state index in [4.69, 9.17) is 4.74 Å². The molecule has 2 aliphatic carbocycles. The van der Waals surface area contributed by atoms with E-state index in [1.807, 2.05) is 13.8 Å². The molecule has 0 aromatic heterocycles. The molecule has 0 heterocycles. The minimum absolute atomic E-state index is 0.161. The summed E-state index contributed by atoms with van der Waals surface area (Å²) >= 11 is 0. The van der Waals surface area contributed by atoms with Gasteiger partial charge in [0.1, 0.15) is 5.54 Å². The van der Waals surface area contributed by atoms with E-state index in [-0.39, 0.29) is 12.0 Å². The van der Waals surface area contributed by atoms with Crippen molar-refractivity contribution in [2.45, 2.75) is 57.5 Å². The monoisotopic (exact) mass is 255 g/mol. The molecule has 0 radical (unpaired) electrons. The van der Waals surface area contributed by atoms with Crippen LogP contribution in [0.25, 0.3) is 0 Å². The van der Waals surface area contributed by atoms with Crippen LogP contribution in [-0.4, -0.2) is 35.9 Å². The summed E-state index contributed by atoms with van der Waals surface area (Å²) in [5, 5.41) is 12.8. The van der Waals surface area contributed by atoms with Crippen molar-refractivity contribution in [1.82, 2.24) is 5.32 Å². The zero-order valence-electron chi connectivity index (χ0n) is 11.4. The molecule has 2 saturated carbocycles. The van der Waals surface area contributed by atoms with Crippen LogP contribution in [-0.2, 0) is 9.53 Å². The Hall–Kier alpha value is -0.610. The van der Waals surface area contributed by atoms with Crippen LogP contribution in [0.1, 0.15) is 46.0 Å². The molecule has 1 atom stereocenters. The van der Waals surface area contributed by atoms with Gasteiger partial charge in [-0.1, -0.05) is 12.8 Å². The van der Waals surface area contributed by atoms with E-state index in [9.17, 15) is 9.90 Å². The highest BCUT2D eigenvalue weighted by molar-refractivity contribution is 5.80. The number of ether oxygens (including phenoxy) is 1. The van der Waals surface area contributed by atoms with Crippen molar-refractivity contribution in [3.05, 3.63) is 0 Å². The second-order valence-electron chi connectivity index (χ2n) is 6.13. The summed E-state index contributed by atoms with van der Waals surface area (Å²) in [6.07, 6.45) is 5.72. The molecule has 2 rings (SSSR count). The molecule has 2 N–H and O–H groups in total. The lowest BCUT2D eigenvalue weighted by atomic mass is 9.93. The van der Waals surface area contributed by atoms with Gasteiger partial charge in [-0.3, -0.25) is 10.1 Å². The Balaban J connectivity index is 1.86. The molecular formula is C14H25NO3. The van der Waals surface area contributed by atoms with Gasteiger partial charge in [0.2, 0.25) is 0 Å². The van der Waals surface area contributed by atoms with E-state index in [2.05, 4.69) is 5.32 Å². The van der Waals surface area contributed by atoms with Crippen molar-refractivity contribution >= 4 is 5.97 Å². The third kappa shape index (κ3) is 3.45. The van der Waals surface area contributed by atoms with Crippen LogP contribution in [0.3, 0.4) is 0 Å². The first-order valence-electron chi connectivity index (χ1n) is 7.13. The molecular weight excluding hydrogens is 230 g/mol. The number of aliphatic carboxylic acids is 1. The van der Waals surface area contributed by atoms with E-state index in [0.29, 0.717) is 13.2 Å². The van der Waals surface area contributed by atoms with Gasteiger partial charge < -0.3 is 9.84 Å². The number of nitrogens with one attached hydrogen (secondary N) is 1. The van der Waals surface area contributed by atoms with Crippen LogP contribution >= 0.6 is 0 Å². The second-order valence-corrected chi connectivity index (χ2v) is 6.13. The van der Waals surface area contributed by atoms with Crippen molar-refractivity contribution in [2.75, 3.05) is 13.2 Å². The normalized spacial score (nSPS) is 23.1. The Kier molecular flexibility index (Phi) is 4.28. The molecule has 0 saturated heterocycles. The standard InChI is InChI=1S/C14H25NO3/c1-10(2)15-14(13(16)17,12-5-6-12)9-18-8-7-11-3-4-11/h10-12,15H,3-9H2,1-2H3,(H,16,17). The maximum absolute atomic E-state index is 11.6. The first-order chi connectivity index (χ1) is 8.54. The number of carboxylic acids is 1. The quantitative estimate of drug-likeness (QED) is 0.619. The van der Waals surface area contributed by atoms with Crippen LogP contribution in [0, 0.1) is 11.8 Å². The summed E-state index contributed by atoms with van der Waals surface area (Å²) in [7, 11) is 0. The molecule has 18 heavy (non-hydrogen) atoms. The zero-order chi connectivity index (χ0) is 13.2. The molecule has 0 aromatic rings. The molecule has 0 amide bonds. The summed E-state index contributed by atoms with van der Waals surface area (Å²) in [5.41, 5.74) is -0.863. The van der Waals surface area contributed by atoms with E-state index in [1.165, 1.54) is 12.8 Å². The third-order valence-corrected chi connectivity index (χ3v) is 3.90. The van der Waals surface area contributed by atoms with Gasteiger partial charge in [-0.2, -0.15) is 0 Å². The SMILES string of the molecule is CC(C)NC(COCCC1CC1)(C(=O)O)C1CC1. The van der Waals surface area contributed by atoms with Gasteiger partial charge in [-0.15, -0.1) is 0 Å². The summed E-state index contributed by atoms with van der Waals surface area (Å²) in [6, 6.07) is 0.161. The van der Waals surface area contributed by atoms with E-state index >= 15 is 0 Å². The van der Waals surface area contributed by atoms with E-state index < -0.39 is 11.5 Å². The second kappa shape index (κ2) is 5.57. The van der Waals surface area contributed by atoms with Crippen molar-refractivity contribution < 1.29 is 14.6 Å². The Morgan fingerprint density at radius 2 is 2.06 bits per heavy atom. The molecule has 0 aromatic carbocycles. The summed E-state index contributed by atoms with van der Waals surface area (Å²) < 4.78 is 5.67. The minimum atomic E-state index is -0.863. The van der Waals surface area contributed by atoms with Crippen molar-refractivity contribution in [1.29, 1.82) is 0 Å². The van der Waals surface area contributed by atoms with Crippen LogP contribution in [0.4, 0.5) is 0 Å². The van der Waals surface area contributed by atoms with Gasteiger partial charge in [0.25, 0.3) is 0 Å². The van der Waals surface area contributed by atoms with Gasteiger partial charge in [0.15, 0.2) is 0 Å². The lowest BCUT2D eigenvalue weighted by Crippen LogP contribution is -2.59. The molecule has 0 bridgehead atoms. The van der Waals surface area contributed by atoms with Crippen molar-refractivity contribution in [3.8, 4) is 0 Å². The zero-order valence-corrected chi connectivity index (χ0v) is 11.4. The molecule has 4 heteroatoms. The van der Waals surface area contributed by atoms with Crippen molar-refractivity contribution in [2.24, 2.45) is 11.8 Å². The van der Waals surface area contributed by atoms with Gasteiger partial charge in [0, 0.05) is 12.6 Å². The number of hydrogen-bond acceptors (Lipinski definition) is 3. The highest BCUT2D eigenvalue weighted by Gasteiger charge is 2.51. The van der Waals surface area contributed by atoms with Gasteiger partial charge in [-0.05, 0) is 44.9 Å². The lowest BCUT2D eigenvalue weighted by Gasteiger charge is -2.32. The van der Waals surface area contributed by atoms with Crippen molar-refractivity contribution in [3.63, 3.8) is 0 Å². The van der Waals surface area contributed by atoms with Crippen LogP contribution < -0.4 is 5.32 Å². The minimum Gasteiger partial charge on any atom is -0.480 e. The number of carboxylic acid groups (broad SMARTS) is 1. The molecule has 4 nitrogen and oxygen atoms in total. The average molecular weight is 255 g/mol. The first kappa shape index (κ1) is 13.8. The predicted octanol–water partition coefficient (Wildman–Crippen LogP) is 2.03. The number of rotatable bonds is 9. The summed E-state index contributed by atoms with van der Waals surface area (Å²) in [5.74, 6) is 0.312. The number of carbonyl (C=O) groups is 1. The van der Waals surface area contributed by atoms with Gasteiger partial charge in [0.05, 0.1) is 6.61 Å². The molecule has 104 valence electrons. The molecule has 2 aliphatic rings. The van der Waals surface area contributed by atoms with Crippen LogP contribution in [0.5, 0.6) is 0 Å². The van der Waals surface area contributed by atoms with Crippen LogP contribution in [0.2, 0.25) is 0 Å². The highest BCUT2D eigenvalue weighted by atomic mass is 16.5. The Morgan fingerprint density at radius 3 is 2.50 bits per heavy atom. The molecule has 0 aliphatic heterocycles. The van der Waals surface area contributed by atoms with E-state index in [1.54, 1.807) is 0 Å². The maximum Gasteiger partial charge on any atom is 0.326 e. The molecule has 0 spiro atoms. The Labute approximate surface area is 109 Å². The largest absolute Gasteiger partial charge is 0.480 e. The predicted molar refractivity (Wildman–Crippen MR) is 69.5 cm³/mol. The van der Waals surface area contributed by atoms with Gasteiger partial charge >= 0.3 is 5.97 Å².